The average Bonchev–Trinajstić information content (AvgIpc) is 2.36. The van der Waals surface area contributed by atoms with Gasteiger partial charge in [0.2, 0.25) is 5.91 Å². The number of carbonyl (C=O) groups is 2. The van der Waals surface area contributed by atoms with Crippen LogP contribution in [0.2, 0.25) is 0 Å². The fraction of sp³-hybridized carbons (Fsp3) is 0.385. The number of thioether (sulfide) groups is 1. The SMILES string of the molecule is CC(O)CNC(=O)c1ccc2c(c1)NC(=O)C(C)S2. The Labute approximate surface area is 115 Å². The Balaban J connectivity index is 2.15. The molecule has 19 heavy (non-hydrogen) atoms. The lowest BCUT2D eigenvalue weighted by molar-refractivity contribution is -0.115. The number of carbonyl (C=O) groups excluding carboxylic acids is 2. The molecule has 0 fully saturated rings. The molecule has 1 aromatic carbocycles. The van der Waals surface area contributed by atoms with E-state index in [9.17, 15) is 9.59 Å². The maximum Gasteiger partial charge on any atom is 0.251 e. The van der Waals surface area contributed by atoms with Crippen LogP contribution in [0.4, 0.5) is 5.69 Å². The average molecular weight is 280 g/mol. The Morgan fingerprint density at radius 1 is 1.58 bits per heavy atom. The second kappa shape index (κ2) is 5.63. The molecule has 0 aliphatic carbocycles. The van der Waals surface area contributed by atoms with Crippen LogP contribution in [0.25, 0.3) is 0 Å². The third-order valence-electron chi connectivity index (χ3n) is 2.73. The van der Waals surface area contributed by atoms with Gasteiger partial charge < -0.3 is 15.7 Å². The van der Waals surface area contributed by atoms with Gasteiger partial charge in [-0.3, -0.25) is 9.59 Å². The molecule has 2 rings (SSSR count). The lowest BCUT2D eigenvalue weighted by Crippen LogP contribution is -2.31. The van der Waals surface area contributed by atoms with E-state index < -0.39 is 6.10 Å². The summed E-state index contributed by atoms with van der Waals surface area (Å²) in [5.74, 6) is -0.319. The topological polar surface area (TPSA) is 78.4 Å². The van der Waals surface area contributed by atoms with Crippen molar-refractivity contribution in [2.24, 2.45) is 0 Å². The summed E-state index contributed by atoms with van der Waals surface area (Å²) in [6.07, 6.45) is -0.585. The molecule has 6 heteroatoms. The van der Waals surface area contributed by atoms with Crippen LogP contribution in [-0.4, -0.2) is 34.8 Å². The number of hydrogen-bond acceptors (Lipinski definition) is 4. The minimum absolute atomic E-state index is 0.0564. The standard InChI is InChI=1S/C13H16N2O3S/c1-7(16)6-14-13(18)9-3-4-11-10(5-9)15-12(17)8(2)19-11/h3-5,7-8,16H,6H2,1-2H3,(H,14,18)(H,15,17). The highest BCUT2D eigenvalue weighted by molar-refractivity contribution is 8.00. The third kappa shape index (κ3) is 3.27. The predicted octanol–water partition coefficient (Wildman–Crippen LogP) is 1.23. The zero-order chi connectivity index (χ0) is 14.0. The summed E-state index contributed by atoms with van der Waals surface area (Å²) in [5.41, 5.74) is 1.13. The van der Waals surface area contributed by atoms with E-state index in [0.717, 1.165) is 4.90 Å². The van der Waals surface area contributed by atoms with Crippen molar-refractivity contribution >= 4 is 29.3 Å². The van der Waals surface area contributed by atoms with Gasteiger partial charge in [0.05, 0.1) is 17.0 Å². The Hall–Kier alpha value is -1.53. The number of anilines is 1. The van der Waals surface area contributed by atoms with Gasteiger partial charge in [0, 0.05) is 17.0 Å². The molecule has 1 heterocycles. The summed E-state index contributed by atoms with van der Waals surface area (Å²) < 4.78 is 0. The van der Waals surface area contributed by atoms with Gasteiger partial charge in [-0.2, -0.15) is 0 Å². The summed E-state index contributed by atoms with van der Waals surface area (Å²) in [7, 11) is 0. The van der Waals surface area contributed by atoms with Crippen LogP contribution in [0.15, 0.2) is 23.1 Å². The highest BCUT2D eigenvalue weighted by Crippen LogP contribution is 2.35. The number of benzene rings is 1. The monoisotopic (exact) mass is 280 g/mol. The van der Waals surface area contributed by atoms with Gasteiger partial charge in [-0.1, -0.05) is 0 Å². The second-order valence-electron chi connectivity index (χ2n) is 4.52. The van der Waals surface area contributed by atoms with Crippen LogP contribution in [0.1, 0.15) is 24.2 Å². The lowest BCUT2D eigenvalue weighted by atomic mass is 10.1. The number of rotatable bonds is 3. The molecule has 0 saturated carbocycles. The quantitative estimate of drug-likeness (QED) is 0.778. The van der Waals surface area contributed by atoms with Gasteiger partial charge in [-0.05, 0) is 32.0 Å². The maximum absolute atomic E-state index is 11.8. The van der Waals surface area contributed by atoms with E-state index >= 15 is 0 Å². The molecule has 102 valence electrons. The second-order valence-corrected chi connectivity index (χ2v) is 5.90. The Morgan fingerprint density at radius 3 is 3.00 bits per heavy atom. The fourth-order valence-electron chi connectivity index (χ4n) is 1.69. The van der Waals surface area contributed by atoms with Crippen molar-refractivity contribution in [1.29, 1.82) is 0 Å². The minimum Gasteiger partial charge on any atom is -0.392 e. The van der Waals surface area contributed by atoms with E-state index in [0.29, 0.717) is 11.3 Å². The first-order chi connectivity index (χ1) is 8.97. The van der Waals surface area contributed by atoms with Crippen molar-refractivity contribution in [2.45, 2.75) is 30.1 Å². The van der Waals surface area contributed by atoms with Crippen molar-refractivity contribution in [3.8, 4) is 0 Å². The zero-order valence-electron chi connectivity index (χ0n) is 10.8. The van der Waals surface area contributed by atoms with Crippen LogP contribution in [0, 0.1) is 0 Å². The van der Waals surface area contributed by atoms with E-state index in [1.807, 2.05) is 13.0 Å². The smallest absolute Gasteiger partial charge is 0.251 e. The molecule has 0 bridgehead atoms. The molecule has 5 nitrogen and oxygen atoms in total. The molecular weight excluding hydrogens is 264 g/mol. The summed E-state index contributed by atoms with van der Waals surface area (Å²) in [6.45, 7) is 3.64. The van der Waals surface area contributed by atoms with Crippen molar-refractivity contribution in [3.63, 3.8) is 0 Å². The van der Waals surface area contributed by atoms with Gasteiger partial charge in [-0.25, -0.2) is 0 Å². The Kier molecular flexibility index (Phi) is 4.11. The van der Waals surface area contributed by atoms with Crippen LogP contribution >= 0.6 is 11.8 Å². The fourth-order valence-corrected chi connectivity index (χ4v) is 2.62. The summed E-state index contributed by atoms with van der Waals surface area (Å²) in [5, 5.41) is 14.4. The molecule has 0 aromatic heterocycles. The van der Waals surface area contributed by atoms with Crippen molar-refractivity contribution in [2.75, 3.05) is 11.9 Å². The highest BCUT2D eigenvalue weighted by atomic mass is 32.2. The zero-order valence-corrected chi connectivity index (χ0v) is 11.6. The molecule has 2 unspecified atom stereocenters. The van der Waals surface area contributed by atoms with Crippen LogP contribution in [0.3, 0.4) is 0 Å². The molecule has 0 spiro atoms. The van der Waals surface area contributed by atoms with Crippen LogP contribution in [0.5, 0.6) is 0 Å². The van der Waals surface area contributed by atoms with E-state index in [4.69, 9.17) is 5.11 Å². The maximum atomic E-state index is 11.8. The summed E-state index contributed by atoms with van der Waals surface area (Å²) in [4.78, 5) is 24.4. The van der Waals surface area contributed by atoms with E-state index in [1.165, 1.54) is 11.8 Å². The number of hydrogen-bond donors (Lipinski definition) is 3. The third-order valence-corrected chi connectivity index (χ3v) is 3.91. The molecular formula is C13H16N2O3S. The highest BCUT2D eigenvalue weighted by Gasteiger charge is 2.23. The molecule has 0 saturated heterocycles. The lowest BCUT2D eigenvalue weighted by Gasteiger charge is -2.21. The number of nitrogens with one attached hydrogen (secondary N) is 2. The van der Waals surface area contributed by atoms with Gasteiger partial charge in [0.15, 0.2) is 0 Å². The molecule has 1 aliphatic rings. The van der Waals surface area contributed by atoms with E-state index in [2.05, 4.69) is 10.6 Å². The largest absolute Gasteiger partial charge is 0.392 e. The van der Waals surface area contributed by atoms with Gasteiger partial charge >= 0.3 is 0 Å². The first-order valence-corrected chi connectivity index (χ1v) is 6.93. The summed E-state index contributed by atoms with van der Waals surface area (Å²) in [6, 6.07) is 5.20. The minimum atomic E-state index is -0.585. The Morgan fingerprint density at radius 2 is 2.32 bits per heavy atom. The first kappa shape index (κ1) is 13.9. The van der Waals surface area contributed by atoms with Gasteiger partial charge in [-0.15, -0.1) is 11.8 Å². The normalized spacial score (nSPS) is 19.3. The van der Waals surface area contributed by atoms with Crippen molar-refractivity contribution < 1.29 is 14.7 Å². The molecule has 2 atom stereocenters. The first-order valence-electron chi connectivity index (χ1n) is 6.05. The molecule has 2 amide bonds. The van der Waals surface area contributed by atoms with Crippen LogP contribution in [-0.2, 0) is 4.79 Å². The van der Waals surface area contributed by atoms with E-state index in [-0.39, 0.29) is 23.6 Å². The Bertz CT molecular complexity index is 517. The van der Waals surface area contributed by atoms with Gasteiger partial charge in [0.25, 0.3) is 5.91 Å². The number of amides is 2. The molecule has 1 aromatic rings. The molecule has 3 N–H and O–H groups in total. The van der Waals surface area contributed by atoms with Crippen LogP contribution < -0.4 is 10.6 Å². The summed E-state index contributed by atoms with van der Waals surface area (Å²) >= 11 is 1.47. The van der Waals surface area contributed by atoms with Gasteiger partial charge in [0.1, 0.15) is 0 Å². The number of fused-ring (bicyclic) bond motifs is 1. The van der Waals surface area contributed by atoms with Crippen molar-refractivity contribution in [3.05, 3.63) is 23.8 Å². The van der Waals surface area contributed by atoms with E-state index in [1.54, 1.807) is 19.1 Å². The molecule has 0 radical (unpaired) electrons. The van der Waals surface area contributed by atoms with Crippen molar-refractivity contribution in [1.82, 2.24) is 5.32 Å². The predicted molar refractivity (Wildman–Crippen MR) is 74.4 cm³/mol. The number of aliphatic hydroxyl groups is 1. The molecule has 1 aliphatic heterocycles. The number of aliphatic hydroxyl groups excluding tert-OH is 1.